The fourth-order valence-electron chi connectivity index (χ4n) is 1.94. The van der Waals surface area contributed by atoms with Crippen LogP contribution in [0.4, 0.5) is 0 Å². The van der Waals surface area contributed by atoms with E-state index in [0.29, 0.717) is 0 Å². The van der Waals surface area contributed by atoms with Crippen LogP contribution in [0.3, 0.4) is 0 Å². The zero-order valence-electron chi connectivity index (χ0n) is 7.92. The summed E-state index contributed by atoms with van der Waals surface area (Å²) in [4.78, 5) is 0. The highest BCUT2D eigenvalue weighted by Gasteiger charge is 2.12. The SMILES string of the molecule is c1n[nH]cc1CNC1CCCCC1. The molecule has 3 heteroatoms. The molecule has 1 aromatic heterocycles. The fraction of sp³-hybridized carbons (Fsp3) is 0.700. The summed E-state index contributed by atoms with van der Waals surface area (Å²) in [5.74, 6) is 0. The smallest absolute Gasteiger partial charge is 0.0532 e. The standard InChI is InChI=1S/C10H17N3/c1-2-4-10(5-3-1)11-6-9-7-12-13-8-9/h7-8,10-11H,1-6H2,(H,12,13). The van der Waals surface area contributed by atoms with Crippen LogP contribution in [-0.2, 0) is 6.54 Å². The largest absolute Gasteiger partial charge is 0.310 e. The molecular weight excluding hydrogens is 162 g/mol. The van der Waals surface area contributed by atoms with Gasteiger partial charge in [0.05, 0.1) is 6.20 Å². The zero-order chi connectivity index (χ0) is 8.93. The normalized spacial score (nSPS) is 19.1. The summed E-state index contributed by atoms with van der Waals surface area (Å²) in [5, 5.41) is 10.3. The number of H-pyrrole nitrogens is 1. The first kappa shape index (κ1) is 8.75. The highest BCUT2D eigenvalue weighted by Crippen LogP contribution is 2.17. The van der Waals surface area contributed by atoms with Gasteiger partial charge in [-0.3, -0.25) is 5.10 Å². The Morgan fingerprint density at radius 1 is 1.38 bits per heavy atom. The van der Waals surface area contributed by atoms with Crippen LogP contribution in [0.5, 0.6) is 0 Å². The van der Waals surface area contributed by atoms with E-state index in [0.717, 1.165) is 12.6 Å². The van der Waals surface area contributed by atoms with Crippen molar-refractivity contribution in [1.82, 2.24) is 15.5 Å². The van der Waals surface area contributed by atoms with E-state index in [1.165, 1.54) is 37.7 Å². The molecule has 2 N–H and O–H groups in total. The van der Waals surface area contributed by atoms with Gasteiger partial charge in [-0.2, -0.15) is 5.10 Å². The predicted octanol–water partition coefficient (Wildman–Crippen LogP) is 1.83. The number of rotatable bonds is 3. The molecule has 1 aromatic rings. The Hall–Kier alpha value is -0.830. The molecule has 0 radical (unpaired) electrons. The molecule has 0 aliphatic heterocycles. The molecular formula is C10H17N3. The predicted molar refractivity (Wildman–Crippen MR) is 52.3 cm³/mol. The van der Waals surface area contributed by atoms with Gasteiger partial charge in [0.15, 0.2) is 0 Å². The molecule has 2 rings (SSSR count). The van der Waals surface area contributed by atoms with Crippen molar-refractivity contribution in [3.63, 3.8) is 0 Å². The molecule has 1 saturated carbocycles. The minimum Gasteiger partial charge on any atom is -0.310 e. The molecule has 1 fully saturated rings. The lowest BCUT2D eigenvalue weighted by Gasteiger charge is -2.22. The molecule has 1 aliphatic rings. The third-order valence-electron chi connectivity index (χ3n) is 2.75. The second-order valence-corrected chi connectivity index (χ2v) is 3.82. The zero-order valence-corrected chi connectivity index (χ0v) is 7.92. The van der Waals surface area contributed by atoms with Crippen LogP contribution in [0, 0.1) is 0 Å². The average molecular weight is 179 g/mol. The molecule has 0 aromatic carbocycles. The lowest BCUT2D eigenvalue weighted by atomic mass is 9.95. The summed E-state index contributed by atoms with van der Waals surface area (Å²) in [6, 6.07) is 0.739. The summed E-state index contributed by atoms with van der Waals surface area (Å²) in [7, 11) is 0. The Labute approximate surface area is 78.9 Å². The highest BCUT2D eigenvalue weighted by atomic mass is 15.1. The first-order valence-electron chi connectivity index (χ1n) is 5.16. The molecule has 13 heavy (non-hydrogen) atoms. The summed E-state index contributed by atoms with van der Waals surface area (Å²) >= 11 is 0. The van der Waals surface area contributed by atoms with Crippen molar-refractivity contribution >= 4 is 0 Å². The number of nitrogens with zero attached hydrogens (tertiary/aromatic N) is 1. The maximum Gasteiger partial charge on any atom is 0.0532 e. The lowest BCUT2D eigenvalue weighted by molar-refractivity contribution is 0.372. The Bertz CT molecular complexity index is 224. The van der Waals surface area contributed by atoms with Gasteiger partial charge in [-0.15, -0.1) is 0 Å². The molecule has 1 heterocycles. The number of aromatic nitrogens is 2. The Morgan fingerprint density at radius 3 is 2.92 bits per heavy atom. The summed E-state index contributed by atoms with van der Waals surface area (Å²) < 4.78 is 0. The van der Waals surface area contributed by atoms with Crippen molar-refractivity contribution in [2.75, 3.05) is 0 Å². The minimum absolute atomic E-state index is 0.739. The monoisotopic (exact) mass is 179 g/mol. The van der Waals surface area contributed by atoms with Gasteiger partial charge in [-0.25, -0.2) is 0 Å². The van der Waals surface area contributed by atoms with Crippen LogP contribution in [0.15, 0.2) is 12.4 Å². The van der Waals surface area contributed by atoms with Crippen LogP contribution < -0.4 is 5.32 Å². The van der Waals surface area contributed by atoms with Gasteiger partial charge in [0.25, 0.3) is 0 Å². The van der Waals surface area contributed by atoms with Gasteiger partial charge in [0.1, 0.15) is 0 Å². The summed E-state index contributed by atoms with van der Waals surface area (Å²) in [6.07, 6.45) is 10.7. The van der Waals surface area contributed by atoms with Crippen LogP contribution >= 0.6 is 0 Å². The molecule has 72 valence electrons. The van der Waals surface area contributed by atoms with Crippen molar-refractivity contribution < 1.29 is 0 Å². The van der Waals surface area contributed by atoms with Gasteiger partial charge >= 0.3 is 0 Å². The number of aromatic amines is 1. The van der Waals surface area contributed by atoms with Gasteiger partial charge in [0, 0.05) is 24.3 Å². The van der Waals surface area contributed by atoms with E-state index < -0.39 is 0 Å². The molecule has 1 aliphatic carbocycles. The Morgan fingerprint density at radius 2 is 2.23 bits per heavy atom. The first-order chi connectivity index (χ1) is 6.45. The van der Waals surface area contributed by atoms with E-state index in [-0.39, 0.29) is 0 Å². The number of hydrogen-bond donors (Lipinski definition) is 2. The quantitative estimate of drug-likeness (QED) is 0.743. The molecule has 0 amide bonds. The van der Waals surface area contributed by atoms with Crippen molar-refractivity contribution in [3.05, 3.63) is 18.0 Å². The van der Waals surface area contributed by atoms with Crippen LogP contribution in [-0.4, -0.2) is 16.2 Å². The second-order valence-electron chi connectivity index (χ2n) is 3.82. The van der Waals surface area contributed by atoms with E-state index in [2.05, 4.69) is 15.5 Å². The van der Waals surface area contributed by atoms with Gasteiger partial charge in [-0.05, 0) is 12.8 Å². The maximum absolute atomic E-state index is 3.92. The van der Waals surface area contributed by atoms with E-state index >= 15 is 0 Å². The van der Waals surface area contributed by atoms with Crippen molar-refractivity contribution in [2.24, 2.45) is 0 Å². The third-order valence-corrected chi connectivity index (χ3v) is 2.75. The molecule has 3 nitrogen and oxygen atoms in total. The average Bonchev–Trinajstić information content (AvgIpc) is 2.69. The van der Waals surface area contributed by atoms with E-state index in [4.69, 9.17) is 0 Å². The lowest BCUT2D eigenvalue weighted by Crippen LogP contribution is -2.30. The van der Waals surface area contributed by atoms with Gasteiger partial charge < -0.3 is 5.32 Å². The molecule has 0 spiro atoms. The Balaban J connectivity index is 1.72. The maximum atomic E-state index is 3.92. The van der Waals surface area contributed by atoms with Crippen molar-refractivity contribution in [1.29, 1.82) is 0 Å². The number of nitrogens with one attached hydrogen (secondary N) is 2. The first-order valence-corrected chi connectivity index (χ1v) is 5.16. The Kier molecular flexibility index (Phi) is 2.98. The molecule has 0 atom stereocenters. The summed E-state index contributed by atoms with van der Waals surface area (Å²) in [5.41, 5.74) is 1.26. The minimum atomic E-state index is 0.739. The van der Waals surface area contributed by atoms with Crippen LogP contribution in [0.2, 0.25) is 0 Å². The van der Waals surface area contributed by atoms with Gasteiger partial charge in [0.2, 0.25) is 0 Å². The van der Waals surface area contributed by atoms with Crippen LogP contribution in [0.1, 0.15) is 37.7 Å². The number of hydrogen-bond acceptors (Lipinski definition) is 2. The fourth-order valence-corrected chi connectivity index (χ4v) is 1.94. The highest BCUT2D eigenvalue weighted by molar-refractivity contribution is 5.01. The third kappa shape index (κ3) is 2.56. The second kappa shape index (κ2) is 4.42. The topological polar surface area (TPSA) is 40.7 Å². The van der Waals surface area contributed by atoms with Crippen molar-refractivity contribution in [3.8, 4) is 0 Å². The van der Waals surface area contributed by atoms with E-state index in [9.17, 15) is 0 Å². The van der Waals surface area contributed by atoms with Gasteiger partial charge in [-0.1, -0.05) is 19.3 Å². The van der Waals surface area contributed by atoms with Crippen molar-refractivity contribution in [2.45, 2.75) is 44.7 Å². The van der Waals surface area contributed by atoms with E-state index in [1.807, 2.05) is 12.4 Å². The molecule has 0 bridgehead atoms. The van der Waals surface area contributed by atoms with Crippen LogP contribution in [0.25, 0.3) is 0 Å². The van der Waals surface area contributed by atoms with E-state index in [1.54, 1.807) is 0 Å². The molecule has 0 saturated heterocycles. The molecule has 0 unspecified atom stereocenters. The summed E-state index contributed by atoms with van der Waals surface area (Å²) in [6.45, 7) is 0.959.